The summed E-state index contributed by atoms with van der Waals surface area (Å²) in [4.78, 5) is 10.4. The Labute approximate surface area is 918 Å². The molecule has 12 aliphatic rings. The Morgan fingerprint density at radius 2 is 0.433 bits per heavy atom. The van der Waals surface area contributed by atoms with Gasteiger partial charge in [0.25, 0.3) is 0 Å². The van der Waals surface area contributed by atoms with Crippen LogP contribution < -0.4 is 56.8 Å². The molecular weight excluding hydrogens is 1780 g/mol. The first-order chi connectivity index (χ1) is 87.6. The van der Waals surface area contributed by atoms with Gasteiger partial charge in [0.15, 0.2) is 69.0 Å². The number of methoxy groups -OCH3 is 12. The van der Waals surface area contributed by atoms with E-state index in [4.69, 9.17) is 120 Å². The second-order valence-corrected chi connectivity index (χ2v) is 40.0. The summed E-state index contributed by atoms with van der Waals surface area (Å²) < 4.78 is 481. The van der Waals surface area contributed by atoms with Crippen molar-refractivity contribution in [2.45, 2.75) is 292 Å². The van der Waals surface area contributed by atoms with E-state index in [1.54, 1.807) is 0 Å². The molecule has 0 bridgehead atoms. The van der Waals surface area contributed by atoms with Gasteiger partial charge in [0, 0.05) is 148 Å². The van der Waals surface area contributed by atoms with Crippen molar-refractivity contribution in [1.82, 2.24) is 29.4 Å². The van der Waals surface area contributed by atoms with Gasteiger partial charge in [0.2, 0.25) is 0 Å². The number of aliphatic hydroxyl groups is 6. The van der Waals surface area contributed by atoms with Crippen LogP contribution in [0.1, 0.15) is 353 Å². The van der Waals surface area contributed by atoms with Crippen molar-refractivity contribution in [3.63, 3.8) is 0 Å². The van der Waals surface area contributed by atoms with Gasteiger partial charge in [-0.25, -0.2) is 0 Å². The van der Waals surface area contributed by atoms with Crippen LogP contribution in [-0.4, -0.2) is 260 Å². The van der Waals surface area contributed by atoms with Crippen LogP contribution in [0.15, 0.2) is 72.5 Å². The van der Waals surface area contributed by atoms with Crippen LogP contribution in [0.25, 0.3) is 0 Å². The molecule has 12 aliphatic heterocycles. The molecule has 0 amide bonds. The highest BCUT2D eigenvalue weighted by atomic mass is 16.5. The highest BCUT2D eigenvalue weighted by Crippen LogP contribution is 2.53. The van der Waals surface area contributed by atoms with Crippen molar-refractivity contribution >= 4 is 0 Å². The molecule has 24 heteroatoms. The topological polar surface area (TPSA) is 252 Å². The fraction of sp³-hybridized carbons (Fsp3) is 0.692. The van der Waals surface area contributed by atoms with Gasteiger partial charge in [-0.3, -0.25) is 29.4 Å². The van der Waals surface area contributed by atoms with E-state index in [-0.39, 0.29) is 252 Å². The van der Waals surface area contributed by atoms with Crippen molar-refractivity contribution < 1.29 is 157 Å². The van der Waals surface area contributed by atoms with E-state index in [1.807, 2.05) is 9.80 Å². The number of aliphatic hydroxyl groups excluding tert-OH is 6. The van der Waals surface area contributed by atoms with Gasteiger partial charge in [0.05, 0.1) is 159 Å². The van der Waals surface area contributed by atoms with Crippen molar-refractivity contribution in [2.75, 3.05) is 164 Å². The molecule has 0 spiro atoms. The lowest BCUT2D eigenvalue weighted by atomic mass is 9.75. The van der Waals surface area contributed by atoms with Crippen LogP contribution >= 0.6 is 0 Å². The van der Waals surface area contributed by atoms with E-state index in [9.17, 15) is 37.5 Å². The molecule has 141 heavy (non-hydrogen) atoms. The number of rotatable bonds is 21. The highest BCUT2D eigenvalue weighted by molar-refractivity contribution is 5.55. The number of piperidine rings is 6. The molecule has 786 valence electrons. The van der Waals surface area contributed by atoms with Crippen LogP contribution in [0.4, 0.5) is 0 Å². The van der Waals surface area contributed by atoms with Crippen molar-refractivity contribution in [2.24, 2.45) is 69.5 Å². The van der Waals surface area contributed by atoms with Gasteiger partial charge in [-0.15, -0.1) is 0 Å². The third-order valence-electron chi connectivity index (χ3n) is 27.8. The summed E-state index contributed by atoms with van der Waals surface area (Å²) in [5.74, 6) is -4.12. The smallest absolute Gasteiger partial charge is 0.161 e. The molecule has 6 fully saturated rings. The van der Waals surface area contributed by atoms with Crippen LogP contribution in [-0.2, 0) is 38.5 Å². The minimum Gasteiger partial charge on any atom is -0.493 e. The predicted molar refractivity (Wildman–Crippen MR) is 561 cm³/mol. The zero-order chi connectivity index (χ0) is 146. The molecule has 0 aliphatic carbocycles. The summed E-state index contributed by atoms with van der Waals surface area (Å²) in [6.45, 7) is -1.40. The molecule has 0 radical (unpaired) electrons. The maximum absolute atomic E-state index is 11.1. The molecule has 0 saturated carbocycles. The van der Waals surface area contributed by atoms with E-state index < -0.39 is 226 Å². The average Bonchev–Trinajstić information content (AvgIpc) is 0.694. The lowest BCUT2D eigenvalue weighted by Gasteiger charge is -2.47. The second-order valence-electron chi connectivity index (χ2n) is 40.0. The monoisotopic (exact) mass is 2010 g/mol. The Bertz CT molecular complexity index is 7230. The van der Waals surface area contributed by atoms with Gasteiger partial charge in [-0.1, -0.05) is 103 Å². The average molecular weight is 2010 g/mol. The van der Waals surface area contributed by atoms with Crippen molar-refractivity contribution in [1.29, 1.82) is 0 Å². The molecule has 6 N–H and O–H groups in total. The lowest BCUT2D eigenvalue weighted by Crippen LogP contribution is -2.48. The number of fused-ring (bicyclic) bond motifs is 18. The van der Waals surface area contributed by atoms with E-state index in [0.29, 0.717) is 110 Å². The second kappa shape index (κ2) is 48.4. The molecule has 6 saturated heterocycles. The summed E-state index contributed by atoms with van der Waals surface area (Å²) in [5, 5.41) is 65.6. The first-order valence-electron chi connectivity index (χ1n) is 74.1. The Morgan fingerprint density at radius 1 is 0.277 bits per heavy atom. The molecular formula is C117H180N6O18. The third kappa shape index (κ3) is 26.9. The Morgan fingerprint density at radius 3 is 0.589 bits per heavy atom. The molecule has 18 atom stereocenters. The summed E-state index contributed by atoms with van der Waals surface area (Å²) in [5.41, 5.74) is -4.65. The number of benzene rings is 6. The Kier molecular flexibility index (Phi) is 20.8. The number of nitrogens with zero attached hydrogens (tertiary/aromatic N) is 6. The molecule has 18 rings (SSSR count). The van der Waals surface area contributed by atoms with Crippen LogP contribution in [0, 0.1) is 69.5 Å². The molecule has 0 aromatic heterocycles. The van der Waals surface area contributed by atoms with E-state index >= 15 is 0 Å². The van der Waals surface area contributed by atoms with Crippen molar-refractivity contribution in [3.8, 4) is 69.0 Å². The minimum atomic E-state index is -3.27. The molecule has 6 aromatic carbocycles. The van der Waals surface area contributed by atoms with E-state index in [1.165, 1.54) is 78.7 Å². The maximum Gasteiger partial charge on any atom is 0.161 e. The number of hydrogen-bond acceptors (Lipinski definition) is 24. The Balaban J connectivity index is 0.000000187. The lowest BCUT2D eigenvalue weighted by molar-refractivity contribution is -0.0259. The Hall–Kier alpha value is -7.56. The third-order valence-corrected chi connectivity index (χ3v) is 27.8. The fourth-order valence-electron chi connectivity index (χ4n) is 21.4. The van der Waals surface area contributed by atoms with Gasteiger partial charge in [0.1, 0.15) is 0 Å². The molecule has 6 aromatic rings. The number of hydrogen-bond donors (Lipinski definition) is 6. The standard InChI is InChI=1S/3C20H31NO3.3C19H29NO3/c3*1-20(2,3)11-14-12-21-7-6-13-8-18(23-4)19(24-5)9-15(13)16(21)10-17(14)22;3*1-12(2)7-14-11-20-6-5-13-8-18(22-3)19(23-4)9-15(13)16(20)10-17(14)21/h3*8-9,14,16-17,22H,6-7,10-12H2,1-5H3;3*8-9,12,14,16-17,21H,5-7,10-11H2,1-4H3/i1D3,2D3,5D3,8D,9D,11D2,16D;2*1D3,2D3,8D,9D,11D2,16D;2*4D3,8D,9D,16D;8D,9D,16D. The molecule has 12 heterocycles. The number of ether oxygens (including phenoxy) is 12. The largest absolute Gasteiger partial charge is 0.493 e. The highest BCUT2D eigenvalue weighted by Gasteiger charge is 2.47. The maximum atomic E-state index is 11.1. The summed E-state index contributed by atoms with van der Waals surface area (Å²) in [6, 6.07) is -11.0. The first-order valence-corrected chi connectivity index (χ1v) is 48.6. The van der Waals surface area contributed by atoms with Crippen LogP contribution in [0.2, 0.25) is 0 Å². The molecule has 18 unspecified atom stereocenters. The van der Waals surface area contributed by atoms with Crippen LogP contribution in [0.5, 0.6) is 69.0 Å². The van der Waals surface area contributed by atoms with E-state index in [0.717, 1.165) is 40.0 Å². The SMILES string of the molecule is [2H]c1c2c(c([2H])c(OC([2H])([2H])[2H])c1OC)C1([2H])CC(O)C(C([2H])([2H])C(C)(C([2H])([2H])[2H])C([2H])([2H])[2H])CN1CC2.[2H]c1c2c(c([2H])c(OC([2H])([2H])[2H])c1OC)C1([2H])CC(O)C(CC(C)C)CN1CC2.[2H]c1c2c(c([2H])c(OC([2H])([2H])[2H])c1OC)C1([2H])CC(O)C(CC(C)C)CN1CC2.[2H]c1c2c(c([2H])c(OC)c1OC)C1([2H])CC(O)C(C([2H])([2H])C(C)(C([2H])([2H])[2H])C([2H])([2H])[2H])CN1CC2.[2H]c1c2c(c([2H])c(OC)c1OC)C1([2H])CC(O)C(C([2H])([2H])C(C)(C([2H])([2H])[2H])C([2H])([2H])[2H])CN1CC2.[2H]c1c2c(c([2H])c(OC)c1OC)C1([2H])CC(O)C(CC(C)C)CN1CC2. The summed E-state index contributed by atoms with van der Waals surface area (Å²) in [6.07, 6.45) is -11.9. The van der Waals surface area contributed by atoms with Gasteiger partial charge >= 0.3 is 0 Å². The summed E-state index contributed by atoms with van der Waals surface area (Å²) in [7, 11) is 3.37. The summed E-state index contributed by atoms with van der Waals surface area (Å²) >= 11 is 0. The van der Waals surface area contributed by atoms with E-state index in [2.05, 4.69) is 46.4 Å². The predicted octanol–water partition coefficient (Wildman–Crippen LogP) is 19.3. The van der Waals surface area contributed by atoms with Gasteiger partial charge < -0.3 is 87.5 Å². The minimum absolute atomic E-state index is 0.0333. The fourth-order valence-corrected chi connectivity index (χ4v) is 21.4. The first kappa shape index (κ1) is 60.7. The normalized spacial score (nSPS) is 36.9. The van der Waals surface area contributed by atoms with Crippen LogP contribution in [0.3, 0.4) is 0 Å². The zero-order valence-corrected chi connectivity index (χ0v) is 84.5. The molecule has 24 nitrogen and oxygen atoms in total. The zero-order valence-electron chi connectivity index (χ0n) is 136. The van der Waals surface area contributed by atoms with Gasteiger partial charge in [-0.2, -0.15) is 0 Å². The van der Waals surface area contributed by atoms with Gasteiger partial charge in [-0.05, 0) is 324 Å². The van der Waals surface area contributed by atoms with Crippen molar-refractivity contribution in [3.05, 3.63) is 139 Å². The quantitative estimate of drug-likeness (QED) is 0.0392.